The van der Waals surface area contributed by atoms with Gasteiger partial charge in [-0.05, 0) is 25.1 Å². The second-order valence-corrected chi connectivity index (χ2v) is 6.53. The van der Waals surface area contributed by atoms with Crippen molar-refractivity contribution in [2.24, 2.45) is 0 Å². The number of Topliss-reactive ketones (excluding diaryl/α,β-unsaturated/α-hetero) is 1. The van der Waals surface area contributed by atoms with Crippen LogP contribution in [-0.4, -0.2) is 61.3 Å². The molecular weight excluding hydrogens is 406 g/mol. The summed E-state index contributed by atoms with van der Waals surface area (Å²) in [5.41, 5.74) is 0.686. The molecule has 1 aromatic carbocycles. The molecule has 0 radical (unpaired) electrons. The largest absolute Gasteiger partial charge is 0.366 e. The minimum absolute atomic E-state index is 0. The van der Waals surface area contributed by atoms with E-state index in [0.29, 0.717) is 37.4 Å². The van der Waals surface area contributed by atoms with E-state index in [1.807, 2.05) is 0 Å². The van der Waals surface area contributed by atoms with Gasteiger partial charge in [-0.25, -0.2) is 13.2 Å². The number of amides is 1. The number of nitrogens with one attached hydrogen (secondary N) is 1. The molecule has 0 saturated carbocycles. The number of ketones is 1. The number of nitrogens with zero attached hydrogens (tertiary/aromatic N) is 2. The molecule has 3 rings (SSSR count). The van der Waals surface area contributed by atoms with Crippen LogP contribution in [0.4, 0.5) is 18.9 Å². The number of carbonyl (C=O) groups excluding carboxylic acids is 2. The van der Waals surface area contributed by atoms with Gasteiger partial charge in [0.05, 0.1) is 18.3 Å². The van der Waals surface area contributed by atoms with Crippen molar-refractivity contribution in [2.75, 3.05) is 37.6 Å². The maximum atomic E-state index is 14.2. The lowest BCUT2D eigenvalue weighted by Gasteiger charge is -2.37. The number of halogens is 5. The Morgan fingerprint density at radius 2 is 1.78 bits per heavy atom. The van der Waals surface area contributed by atoms with Crippen molar-refractivity contribution in [3.8, 4) is 0 Å². The number of rotatable bonds is 3. The lowest BCUT2D eigenvalue weighted by atomic mass is 10.1. The monoisotopic (exact) mass is 427 g/mol. The number of alkyl halides is 2. The smallest absolute Gasteiger partial charge is 0.262 e. The Bertz CT molecular complexity index is 698. The number of piperazine rings is 1. The summed E-state index contributed by atoms with van der Waals surface area (Å²) in [5.74, 6) is -3.86. The molecule has 10 heteroatoms. The SMILES string of the molecule is CC(=O)c1ccc(N2CCN(C(=O)C3CC(F)(F)CN3)CC2)c(F)c1.Cl.Cl. The van der Waals surface area contributed by atoms with Gasteiger partial charge in [0.25, 0.3) is 5.92 Å². The molecule has 2 heterocycles. The fraction of sp³-hybridized carbons (Fsp3) is 0.529. The zero-order valence-corrected chi connectivity index (χ0v) is 16.3. The lowest BCUT2D eigenvalue weighted by molar-refractivity contribution is -0.134. The van der Waals surface area contributed by atoms with Crippen LogP contribution in [0.3, 0.4) is 0 Å². The lowest BCUT2D eigenvalue weighted by Crippen LogP contribution is -2.53. The van der Waals surface area contributed by atoms with Crippen LogP contribution in [0.15, 0.2) is 18.2 Å². The van der Waals surface area contributed by atoms with E-state index in [2.05, 4.69) is 5.32 Å². The van der Waals surface area contributed by atoms with Gasteiger partial charge in [-0.3, -0.25) is 14.9 Å². The van der Waals surface area contributed by atoms with Crippen LogP contribution in [-0.2, 0) is 4.79 Å². The van der Waals surface area contributed by atoms with Gasteiger partial charge in [0.1, 0.15) is 5.82 Å². The summed E-state index contributed by atoms with van der Waals surface area (Å²) >= 11 is 0. The molecule has 2 aliphatic rings. The molecule has 1 atom stereocenters. The molecule has 1 N–H and O–H groups in total. The van der Waals surface area contributed by atoms with E-state index in [1.165, 1.54) is 17.9 Å². The fourth-order valence-electron chi connectivity index (χ4n) is 3.26. The molecule has 152 valence electrons. The Morgan fingerprint density at radius 3 is 2.26 bits per heavy atom. The van der Waals surface area contributed by atoms with Gasteiger partial charge in [-0.15, -0.1) is 24.8 Å². The second kappa shape index (κ2) is 9.12. The predicted octanol–water partition coefficient (Wildman–Crippen LogP) is 2.52. The Labute approximate surface area is 168 Å². The highest BCUT2D eigenvalue weighted by Crippen LogP contribution is 2.27. The number of anilines is 1. The Morgan fingerprint density at radius 1 is 1.15 bits per heavy atom. The number of hydrogen-bond donors (Lipinski definition) is 1. The molecule has 2 saturated heterocycles. The van der Waals surface area contributed by atoms with Crippen LogP contribution in [0, 0.1) is 5.82 Å². The highest BCUT2D eigenvalue weighted by molar-refractivity contribution is 5.94. The van der Waals surface area contributed by atoms with Crippen molar-refractivity contribution < 1.29 is 22.8 Å². The van der Waals surface area contributed by atoms with E-state index in [-0.39, 0.29) is 36.5 Å². The molecule has 2 aliphatic heterocycles. The van der Waals surface area contributed by atoms with Crippen LogP contribution in [0.5, 0.6) is 0 Å². The summed E-state index contributed by atoms with van der Waals surface area (Å²) in [7, 11) is 0. The fourth-order valence-corrected chi connectivity index (χ4v) is 3.26. The summed E-state index contributed by atoms with van der Waals surface area (Å²) in [6, 6.07) is 3.48. The van der Waals surface area contributed by atoms with Crippen molar-refractivity contribution in [3.05, 3.63) is 29.6 Å². The summed E-state index contributed by atoms with van der Waals surface area (Å²) in [6.45, 7) is 2.40. The Hall–Kier alpha value is -1.51. The molecular formula is C17H22Cl2F3N3O2. The minimum Gasteiger partial charge on any atom is -0.366 e. The van der Waals surface area contributed by atoms with Gasteiger partial charge in [0.2, 0.25) is 5.91 Å². The number of benzene rings is 1. The Kier molecular flexibility index (Phi) is 7.95. The van der Waals surface area contributed by atoms with Crippen LogP contribution in [0.25, 0.3) is 0 Å². The molecule has 1 amide bonds. The topological polar surface area (TPSA) is 52.7 Å². The first-order valence-electron chi connectivity index (χ1n) is 8.22. The van der Waals surface area contributed by atoms with Gasteiger partial charge in [-0.1, -0.05) is 0 Å². The first-order valence-corrected chi connectivity index (χ1v) is 8.22. The van der Waals surface area contributed by atoms with Crippen LogP contribution in [0.1, 0.15) is 23.7 Å². The molecule has 0 spiro atoms. The third kappa shape index (κ3) is 5.27. The van der Waals surface area contributed by atoms with Crippen LogP contribution >= 0.6 is 24.8 Å². The quantitative estimate of drug-likeness (QED) is 0.753. The van der Waals surface area contributed by atoms with Gasteiger partial charge >= 0.3 is 0 Å². The summed E-state index contributed by atoms with van der Waals surface area (Å²) in [6.07, 6.45) is -0.479. The normalized spacial score (nSPS) is 21.3. The highest BCUT2D eigenvalue weighted by Gasteiger charge is 2.43. The van der Waals surface area contributed by atoms with Crippen molar-refractivity contribution >= 4 is 42.2 Å². The Balaban J connectivity index is 0.00000182. The second-order valence-electron chi connectivity index (χ2n) is 6.53. The van der Waals surface area contributed by atoms with E-state index < -0.39 is 30.7 Å². The first-order chi connectivity index (χ1) is 11.8. The summed E-state index contributed by atoms with van der Waals surface area (Å²) < 4.78 is 40.7. The average molecular weight is 428 g/mol. The molecule has 1 unspecified atom stereocenters. The van der Waals surface area contributed by atoms with E-state index >= 15 is 0 Å². The van der Waals surface area contributed by atoms with E-state index in [1.54, 1.807) is 17.0 Å². The maximum Gasteiger partial charge on any atom is 0.262 e. The van der Waals surface area contributed by atoms with E-state index in [0.717, 1.165) is 0 Å². The molecule has 27 heavy (non-hydrogen) atoms. The zero-order valence-electron chi connectivity index (χ0n) is 14.7. The molecule has 0 bridgehead atoms. The molecule has 0 aromatic heterocycles. The number of carbonyl (C=O) groups is 2. The predicted molar refractivity (Wildman–Crippen MR) is 101 cm³/mol. The van der Waals surface area contributed by atoms with E-state index in [4.69, 9.17) is 0 Å². The zero-order chi connectivity index (χ0) is 18.2. The molecule has 5 nitrogen and oxygen atoms in total. The van der Waals surface area contributed by atoms with Crippen LogP contribution in [0.2, 0.25) is 0 Å². The number of hydrogen-bond acceptors (Lipinski definition) is 4. The molecule has 0 aliphatic carbocycles. The third-order valence-corrected chi connectivity index (χ3v) is 4.69. The van der Waals surface area contributed by atoms with Crippen molar-refractivity contribution in [1.82, 2.24) is 10.2 Å². The van der Waals surface area contributed by atoms with Gasteiger partial charge in [0.15, 0.2) is 5.78 Å². The van der Waals surface area contributed by atoms with Crippen molar-refractivity contribution in [2.45, 2.75) is 25.3 Å². The maximum absolute atomic E-state index is 14.2. The van der Waals surface area contributed by atoms with Crippen molar-refractivity contribution in [1.29, 1.82) is 0 Å². The van der Waals surface area contributed by atoms with Gasteiger partial charge in [0, 0.05) is 38.2 Å². The van der Waals surface area contributed by atoms with Gasteiger partial charge in [-0.2, -0.15) is 0 Å². The minimum atomic E-state index is -2.84. The average Bonchev–Trinajstić information content (AvgIpc) is 2.94. The molecule has 2 fully saturated rings. The van der Waals surface area contributed by atoms with Crippen molar-refractivity contribution in [3.63, 3.8) is 0 Å². The first kappa shape index (κ1) is 23.5. The third-order valence-electron chi connectivity index (χ3n) is 4.69. The van der Waals surface area contributed by atoms with Crippen LogP contribution < -0.4 is 10.2 Å². The standard InChI is InChI=1S/C17H20F3N3O2.2ClH/c1-11(24)12-2-3-15(13(18)8-12)22-4-6-23(7-5-22)16(25)14-9-17(19,20)10-21-14;;/h2-3,8,14,21H,4-7,9-10H2,1H3;2*1H. The highest BCUT2D eigenvalue weighted by atomic mass is 35.5. The van der Waals surface area contributed by atoms with Gasteiger partial charge < -0.3 is 9.80 Å². The summed E-state index contributed by atoms with van der Waals surface area (Å²) in [4.78, 5) is 26.9. The summed E-state index contributed by atoms with van der Waals surface area (Å²) in [5, 5.41) is 2.57. The van der Waals surface area contributed by atoms with E-state index in [9.17, 15) is 22.8 Å². The molecule has 1 aromatic rings.